The molecule has 0 spiro atoms. The van der Waals surface area contributed by atoms with Crippen molar-refractivity contribution in [3.8, 4) is 0 Å². The van der Waals surface area contributed by atoms with Gasteiger partial charge < -0.3 is 14.7 Å². The Labute approximate surface area is 171 Å². The van der Waals surface area contributed by atoms with Gasteiger partial charge in [-0.3, -0.25) is 9.52 Å². The Hall–Kier alpha value is -2.42. The highest BCUT2D eigenvalue weighted by molar-refractivity contribution is 7.92. The number of sulfonamides is 1. The molecule has 3 rings (SSSR count). The van der Waals surface area contributed by atoms with Crippen LogP contribution in [0.5, 0.6) is 0 Å². The zero-order valence-corrected chi connectivity index (χ0v) is 17.3. The van der Waals surface area contributed by atoms with E-state index in [0.717, 1.165) is 5.56 Å². The molecule has 0 radical (unpaired) electrons. The first-order valence-corrected chi connectivity index (χ1v) is 11.0. The molecule has 1 heterocycles. The molecule has 0 aromatic heterocycles. The van der Waals surface area contributed by atoms with Gasteiger partial charge in [-0.1, -0.05) is 44.2 Å². The van der Waals surface area contributed by atoms with E-state index in [1.54, 1.807) is 47.4 Å². The number of anilines is 1. The maximum Gasteiger partial charge on any atom is 0.261 e. The molecule has 2 aromatic carbocycles. The summed E-state index contributed by atoms with van der Waals surface area (Å²) in [6.45, 7) is 4.31. The Balaban J connectivity index is 1.78. The molecule has 1 aliphatic heterocycles. The van der Waals surface area contributed by atoms with Crippen LogP contribution in [-0.2, 0) is 19.6 Å². The van der Waals surface area contributed by atoms with E-state index in [1.165, 1.54) is 12.1 Å². The van der Waals surface area contributed by atoms with Gasteiger partial charge in [-0.25, -0.2) is 8.42 Å². The highest BCUT2D eigenvalue weighted by Crippen LogP contribution is 2.30. The predicted octanol–water partition coefficient (Wildman–Crippen LogP) is 2.40. The number of nitrogens with one attached hydrogen (secondary N) is 1. The SMILES string of the molecule is CC(C)CN1C(=O)CO[C@H](c2ccc(NS(=O)(=O)c3ccccc3)cc2)[C@H]1CO. The monoisotopic (exact) mass is 418 g/mol. The third-order valence-corrected chi connectivity index (χ3v) is 6.15. The van der Waals surface area contributed by atoms with Crippen molar-refractivity contribution in [1.82, 2.24) is 4.90 Å². The first-order chi connectivity index (χ1) is 13.8. The summed E-state index contributed by atoms with van der Waals surface area (Å²) in [5.41, 5.74) is 1.19. The van der Waals surface area contributed by atoms with Crippen LogP contribution in [0.1, 0.15) is 25.5 Å². The molecule has 0 unspecified atom stereocenters. The van der Waals surface area contributed by atoms with Crippen LogP contribution in [0.4, 0.5) is 5.69 Å². The Morgan fingerprint density at radius 1 is 1.14 bits per heavy atom. The topological polar surface area (TPSA) is 95.9 Å². The average Bonchev–Trinajstić information content (AvgIpc) is 2.70. The van der Waals surface area contributed by atoms with E-state index in [1.807, 2.05) is 13.8 Å². The molecule has 1 aliphatic rings. The molecule has 2 N–H and O–H groups in total. The van der Waals surface area contributed by atoms with Crippen LogP contribution in [-0.4, -0.2) is 50.1 Å². The van der Waals surface area contributed by atoms with Crippen LogP contribution in [0.3, 0.4) is 0 Å². The van der Waals surface area contributed by atoms with E-state index < -0.39 is 22.2 Å². The third kappa shape index (κ3) is 4.95. The van der Waals surface area contributed by atoms with Crippen molar-refractivity contribution in [2.24, 2.45) is 5.92 Å². The number of nitrogens with zero attached hydrogens (tertiary/aromatic N) is 1. The van der Waals surface area contributed by atoms with Crippen molar-refractivity contribution in [2.75, 3.05) is 24.5 Å². The first kappa shape index (κ1) is 21.3. The van der Waals surface area contributed by atoms with Crippen LogP contribution in [0.2, 0.25) is 0 Å². The van der Waals surface area contributed by atoms with Gasteiger partial charge in [0.2, 0.25) is 5.91 Å². The van der Waals surface area contributed by atoms with Crippen LogP contribution in [0.15, 0.2) is 59.5 Å². The zero-order valence-electron chi connectivity index (χ0n) is 16.5. The molecule has 2 aromatic rings. The summed E-state index contributed by atoms with van der Waals surface area (Å²) in [5.74, 6) is 0.128. The maximum atomic E-state index is 12.5. The molecule has 1 amide bonds. The fraction of sp³-hybridized carbons (Fsp3) is 0.381. The van der Waals surface area contributed by atoms with E-state index in [4.69, 9.17) is 4.74 Å². The quantitative estimate of drug-likeness (QED) is 0.720. The third-order valence-electron chi connectivity index (χ3n) is 4.75. The summed E-state index contributed by atoms with van der Waals surface area (Å²) in [6, 6.07) is 14.5. The number of rotatable bonds is 7. The Bertz CT molecular complexity index is 929. The lowest BCUT2D eigenvalue weighted by atomic mass is 9.98. The molecule has 29 heavy (non-hydrogen) atoms. The number of morpholine rings is 1. The molecule has 0 bridgehead atoms. The second-order valence-corrected chi connectivity index (χ2v) is 9.14. The number of carbonyl (C=O) groups is 1. The normalized spacial score (nSPS) is 20.1. The van der Waals surface area contributed by atoms with Crippen LogP contribution < -0.4 is 4.72 Å². The summed E-state index contributed by atoms with van der Waals surface area (Å²) in [4.78, 5) is 14.1. The second-order valence-electron chi connectivity index (χ2n) is 7.46. The van der Waals surface area contributed by atoms with E-state index in [0.29, 0.717) is 12.2 Å². The Morgan fingerprint density at radius 2 is 1.79 bits per heavy atom. The highest BCUT2D eigenvalue weighted by Gasteiger charge is 2.37. The lowest BCUT2D eigenvalue weighted by Crippen LogP contribution is -2.53. The van der Waals surface area contributed by atoms with Gasteiger partial charge in [0.25, 0.3) is 10.0 Å². The first-order valence-electron chi connectivity index (χ1n) is 9.51. The Morgan fingerprint density at radius 3 is 2.38 bits per heavy atom. The number of carbonyl (C=O) groups excluding carboxylic acids is 1. The fourth-order valence-electron chi connectivity index (χ4n) is 3.40. The summed E-state index contributed by atoms with van der Waals surface area (Å²) < 4.78 is 33.2. The smallest absolute Gasteiger partial charge is 0.261 e. The number of benzene rings is 2. The van der Waals surface area contributed by atoms with Gasteiger partial charge in [-0.2, -0.15) is 0 Å². The molecule has 1 saturated heterocycles. The maximum absolute atomic E-state index is 12.5. The van der Waals surface area contributed by atoms with Gasteiger partial charge in [0.05, 0.1) is 17.5 Å². The number of amides is 1. The van der Waals surface area contributed by atoms with Crippen LogP contribution >= 0.6 is 0 Å². The van der Waals surface area contributed by atoms with E-state index in [-0.39, 0.29) is 29.9 Å². The number of aliphatic hydroxyl groups is 1. The lowest BCUT2D eigenvalue weighted by Gasteiger charge is -2.41. The molecule has 156 valence electrons. The molecule has 1 fully saturated rings. The van der Waals surface area contributed by atoms with Gasteiger partial charge >= 0.3 is 0 Å². The largest absolute Gasteiger partial charge is 0.394 e. The van der Waals surface area contributed by atoms with Gasteiger partial charge in [-0.05, 0) is 35.7 Å². The standard InChI is InChI=1S/C21H26N2O5S/c1-15(2)12-23-19(13-24)21(28-14-20(23)25)16-8-10-17(11-9-16)22-29(26,27)18-6-4-3-5-7-18/h3-11,15,19,21-22,24H,12-14H2,1-2H3/t19-,21-/m1/s1. The number of hydrogen-bond acceptors (Lipinski definition) is 5. The Kier molecular flexibility index (Phi) is 6.56. The van der Waals surface area contributed by atoms with Gasteiger partial charge in [0.1, 0.15) is 12.7 Å². The summed E-state index contributed by atoms with van der Waals surface area (Å²) in [5, 5.41) is 9.89. The molecule has 8 heteroatoms. The molecular formula is C21H26N2O5S. The fourth-order valence-corrected chi connectivity index (χ4v) is 4.48. The predicted molar refractivity (Wildman–Crippen MR) is 110 cm³/mol. The number of aliphatic hydroxyl groups excluding tert-OH is 1. The van der Waals surface area contributed by atoms with E-state index in [9.17, 15) is 18.3 Å². The molecule has 0 saturated carbocycles. The van der Waals surface area contributed by atoms with Crippen molar-refractivity contribution in [3.05, 3.63) is 60.2 Å². The molecule has 7 nitrogen and oxygen atoms in total. The zero-order chi connectivity index (χ0) is 21.0. The van der Waals surface area contributed by atoms with Crippen molar-refractivity contribution in [3.63, 3.8) is 0 Å². The molecule has 2 atom stereocenters. The van der Waals surface area contributed by atoms with Crippen molar-refractivity contribution < 1.29 is 23.1 Å². The highest BCUT2D eigenvalue weighted by atomic mass is 32.2. The lowest BCUT2D eigenvalue weighted by molar-refractivity contribution is -0.161. The van der Waals surface area contributed by atoms with Crippen molar-refractivity contribution in [2.45, 2.75) is 30.9 Å². The average molecular weight is 419 g/mol. The van der Waals surface area contributed by atoms with Gasteiger partial charge in [0.15, 0.2) is 0 Å². The molecular weight excluding hydrogens is 392 g/mol. The summed E-state index contributed by atoms with van der Waals surface area (Å²) in [6.07, 6.45) is -0.476. The number of hydrogen-bond donors (Lipinski definition) is 2. The number of ether oxygens (including phenoxy) is 1. The molecule has 0 aliphatic carbocycles. The van der Waals surface area contributed by atoms with Crippen LogP contribution in [0, 0.1) is 5.92 Å². The van der Waals surface area contributed by atoms with Gasteiger partial charge in [-0.15, -0.1) is 0 Å². The van der Waals surface area contributed by atoms with Crippen molar-refractivity contribution in [1.29, 1.82) is 0 Å². The summed E-state index contributed by atoms with van der Waals surface area (Å²) in [7, 11) is -3.67. The minimum absolute atomic E-state index is 0.0454. The van der Waals surface area contributed by atoms with Gasteiger partial charge in [0, 0.05) is 12.2 Å². The van der Waals surface area contributed by atoms with E-state index >= 15 is 0 Å². The minimum atomic E-state index is -3.67. The summed E-state index contributed by atoms with van der Waals surface area (Å²) >= 11 is 0. The van der Waals surface area contributed by atoms with E-state index in [2.05, 4.69) is 4.72 Å². The van der Waals surface area contributed by atoms with Crippen molar-refractivity contribution >= 4 is 21.6 Å². The minimum Gasteiger partial charge on any atom is -0.394 e. The second kappa shape index (κ2) is 8.94. The van der Waals surface area contributed by atoms with Crippen LogP contribution in [0.25, 0.3) is 0 Å².